The Morgan fingerprint density at radius 1 is 1.59 bits per heavy atom. The van der Waals surface area contributed by atoms with Gasteiger partial charge < -0.3 is 15.6 Å². The van der Waals surface area contributed by atoms with Crippen molar-refractivity contribution in [2.45, 2.75) is 18.9 Å². The SMILES string of the molecule is NC(=S)C1CCCN1C(=O)c1c[nH]ccc1=O. The summed E-state index contributed by atoms with van der Waals surface area (Å²) in [5.41, 5.74) is 5.44. The molecule has 1 aromatic heterocycles. The van der Waals surface area contributed by atoms with Crippen LogP contribution in [0.15, 0.2) is 23.3 Å². The van der Waals surface area contributed by atoms with Gasteiger partial charge in [-0.2, -0.15) is 0 Å². The number of aromatic nitrogens is 1. The van der Waals surface area contributed by atoms with Gasteiger partial charge >= 0.3 is 0 Å². The third kappa shape index (κ3) is 2.21. The van der Waals surface area contributed by atoms with E-state index in [-0.39, 0.29) is 22.9 Å². The Bertz CT molecular complexity index is 511. The highest BCUT2D eigenvalue weighted by molar-refractivity contribution is 7.80. The second-order valence-electron chi connectivity index (χ2n) is 3.98. The molecule has 0 spiro atoms. The molecule has 3 N–H and O–H groups in total. The standard InChI is InChI=1S/C11H13N3O2S/c12-10(17)8-2-1-5-14(8)11(16)7-6-13-4-3-9(7)15/h3-4,6,8H,1-2,5H2,(H2,12,17)(H,13,15). The molecular weight excluding hydrogens is 238 g/mol. The van der Waals surface area contributed by atoms with Gasteiger partial charge in [-0.3, -0.25) is 9.59 Å². The number of likely N-dealkylation sites (tertiary alicyclic amines) is 1. The topological polar surface area (TPSA) is 79.2 Å². The molecule has 1 saturated heterocycles. The average molecular weight is 251 g/mol. The quantitative estimate of drug-likeness (QED) is 0.739. The van der Waals surface area contributed by atoms with E-state index in [0.29, 0.717) is 11.5 Å². The van der Waals surface area contributed by atoms with Crippen molar-refractivity contribution < 1.29 is 4.79 Å². The number of H-pyrrole nitrogens is 1. The molecule has 1 amide bonds. The minimum absolute atomic E-state index is 0.135. The second kappa shape index (κ2) is 4.67. The summed E-state index contributed by atoms with van der Waals surface area (Å²) < 4.78 is 0. The highest BCUT2D eigenvalue weighted by Gasteiger charge is 2.31. The van der Waals surface area contributed by atoms with Crippen molar-refractivity contribution in [2.24, 2.45) is 5.73 Å². The van der Waals surface area contributed by atoms with Crippen LogP contribution in [0, 0.1) is 0 Å². The first-order valence-electron chi connectivity index (χ1n) is 5.38. The number of carbonyl (C=O) groups is 1. The van der Waals surface area contributed by atoms with Crippen LogP contribution < -0.4 is 11.2 Å². The van der Waals surface area contributed by atoms with Gasteiger partial charge in [-0.15, -0.1) is 0 Å². The number of carbonyl (C=O) groups excluding carboxylic acids is 1. The van der Waals surface area contributed by atoms with E-state index in [1.54, 1.807) is 4.90 Å². The number of amides is 1. The number of pyridine rings is 1. The van der Waals surface area contributed by atoms with E-state index in [1.165, 1.54) is 18.5 Å². The van der Waals surface area contributed by atoms with Gasteiger partial charge in [0.2, 0.25) is 0 Å². The molecule has 1 fully saturated rings. The van der Waals surface area contributed by atoms with Gasteiger partial charge in [0, 0.05) is 25.0 Å². The van der Waals surface area contributed by atoms with Gasteiger partial charge in [-0.05, 0) is 12.8 Å². The minimum Gasteiger partial charge on any atom is -0.392 e. The fourth-order valence-electron chi connectivity index (χ4n) is 2.04. The highest BCUT2D eigenvalue weighted by Crippen LogP contribution is 2.19. The molecule has 6 heteroatoms. The van der Waals surface area contributed by atoms with E-state index in [0.717, 1.165) is 12.8 Å². The van der Waals surface area contributed by atoms with Crippen molar-refractivity contribution in [3.05, 3.63) is 34.2 Å². The zero-order valence-corrected chi connectivity index (χ0v) is 10.00. The Balaban J connectivity index is 2.29. The summed E-state index contributed by atoms with van der Waals surface area (Å²) >= 11 is 4.93. The molecule has 1 aliphatic heterocycles. The summed E-state index contributed by atoms with van der Waals surface area (Å²) in [4.78, 5) is 28.4. The fraction of sp³-hybridized carbons (Fsp3) is 0.364. The molecule has 5 nitrogen and oxygen atoms in total. The molecule has 1 aliphatic rings. The zero-order chi connectivity index (χ0) is 12.4. The molecule has 1 aromatic rings. The monoisotopic (exact) mass is 251 g/mol. The normalized spacial score (nSPS) is 19.3. The molecular formula is C11H13N3O2S. The van der Waals surface area contributed by atoms with Crippen LogP contribution in [0.1, 0.15) is 23.2 Å². The van der Waals surface area contributed by atoms with Gasteiger partial charge in [0.15, 0.2) is 5.43 Å². The number of nitrogens with zero attached hydrogens (tertiary/aromatic N) is 1. The second-order valence-corrected chi connectivity index (χ2v) is 4.45. The molecule has 2 rings (SSSR count). The Hall–Kier alpha value is -1.69. The van der Waals surface area contributed by atoms with E-state index in [2.05, 4.69) is 4.98 Å². The van der Waals surface area contributed by atoms with Crippen molar-refractivity contribution in [3.63, 3.8) is 0 Å². The zero-order valence-electron chi connectivity index (χ0n) is 9.18. The lowest BCUT2D eigenvalue weighted by Crippen LogP contribution is -2.44. The van der Waals surface area contributed by atoms with Crippen LogP contribution in [-0.2, 0) is 0 Å². The Kier molecular flexibility index (Phi) is 3.23. The summed E-state index contributed by atoms with van der Waals surface area (Å²) in [6, 6.07) is 1.11. The molecule has 2 heterocycles. The summed E-state index contributed by atoms with van der Waals surface area (Å²) in [7, 11) is 0. The van der Waals surface area contributed by atoms with Gasteiger partial charge in [0.25, 0.3) is 5.91 Å². The number of aromatic amines is 1. The van der Waals surface area contributed by atoms with Crippen LogP contribution in [0.5, 0.6) is 0 Å². The Morgan fingerprint density at radius 2 is 2.35 bits per heavy atom. The maximum Gasteiger partial charge on any atom is 0.259 e. The first-order chi connectivity index (χ1) is 8.11. The number of nitrogens with one attached hydrogen (secondary N) is 1. The van der Waals surface area contributed by atoms with E-state index >= 15 is 0 Å². The summed E-state index contributed by atoms with van der Waals surface area (Å²) in [5, 5.41) is 0. The molecule has 17 heavy (non-hydrogen) atoms. The molecule has 0 aromatic carbocycles. The van der Waals surface area contributed by atoms with Crippen LogP contribution in [-0.4, -0.2) is 33.4 Å². The molecule has 0 aliphatic carbocycles. The molecule has 0 saturated carbocycles. The van der Waals surface area contributed by atoms with Gasteiger partial charge in [-0.25, -0.2) is 0 Å². The molecule has 1 unspecified atom stereocenters. The van der Waals surface area contributed by atoms with Crippen LogP contribution in [0.2, 0.25) is 0 Å². The Morgan fingerprint density at radius 3 is 3.00 bits per heavy atom. The lowest BCUT2D eigenvalue weighted by Gasteiger charge is -2.23. The van der Waals surface area contributed by atoms with Gasteiger partial charge in [0.1, 0.15) is 5.56 Å². The smallest absolute Gasteiger partial charge is 0.259 e. The van der Waals surface area contributed by atoms with Crippen LogP contribution in [0.4, 0.5) is 0 Å². The summed E-state index contributed by atoms with van der Waals surface area (Å²) in [5.74, 6) is -0.304. The van der Waals surface area contributed by atoms with Gasteiger partial charge in [0.05, 0.1) is 11.0 Å². The van der Waals surface area contributed by atoms with E-state index in [4.69, 9.17) is 18.0 Å². The van der Waals surface area contributed by atoms with Crippen LogP contribution in [0.25, 0.3) is 0 Å². The van der Waals surface area contributed by atoms with E-state index in [1.807, 2.05) is 0 Å². The molecule has 0 bridgehead atoms. The van der Waals surface area contributed by atoms with Crippen molar-refractivity contribution in [1.82, 2.24) is 9.88 Å². The van der Waals surface area contributed by atoms with Gasteiger partial charge in [-0.1, -0.05) is 12.2 Å². The first-order valence-corrected chi connectivity index (χ1v) is 5.79. The number of hydrogen-bond donors (Lipinski definition) is 2. The number of hydrogen-bond acceptors (Lipinski definition) is 3. The lowest BCUT2D eigenvalue weighted by atomic mass is 10.2. The maximum absolute atomic E-state index is 12.2. The Labute approximate surface area is 104 Å². The average Bonchev–Trinajstić information content (AvgIpc) is 2.77. The van der Waals surface area contributed by atoms with Crippen LogP contribution >= 0.6 is 12.2 Å². The van der Waals surface area contributed by atoms with Crippen molar-refractivity contribution in [3.8, 4) is 0 Å². The third-order valence-corrected chi connectivity index (χ3v) is 3.17. The van der Waals surface area contributed by atoms with Crippen molar-refractivity contribution in [2.75, 3.05) is 6.54 Å². The van der Waals surface area contributed by atoms with E-state index < -0.39 is 0 Å². The van der Waals surface area contributed by atoms with E-state index in [9.17, 15) is 9.59 Å². The molecule has 0 radical (unpaired) electrons. The predicted molar refractivity (Wildman–Crippen MR) is 67.9 cm³/mol. The third-order valence-electron chi connectivity index (χ3n) is 2.90. The predicted octanol–water partition coefficient (Wildman–Crippen LogP) is 0.266. The molecule has 1 atom stereocenters. The summed E-state index contributed by atoms with van der Waals surface area (Å²) in [6.45, 7) is 0.592. The van der Waals surface area contributed by atoms with Crippen molar-refractivity contribution >= 4 is 23.1 Å². The lowest BCUT2D eigenvalue weighted by molar-refractivity contribution is 0.0768. The minimum atomic E-state index is -0.304. The maximum atomic E-state index is 12.2. The molecule has 90 valence electrons. The van der Waals surface area contributed by atoms with Crippen LogP contribution in [0.3, 0.4) is 0 Å². The number of nitrogens with two attached hydrogens (primary N) is 1. The highest BCUT2D eigenvalue weighted by atomic mass is 32.1. The first kappa shape index (κ1) is 11.8. The number of rotatable bonds is 2. The fourth-order valence-corrected chi connectivity index (χ4v) is 2.29. The van der Waals surface area contributed by atoms with Crippen molar-refractivity contribution in [1.29, 1.82) is 0 Å². The largest absolute Gasteiger partial charge is 0.392 e. The summed E-state index contributed by atoms with van der Waals surface area (Å²) in [6.07, 6.45) is 4.54. The number of thiocarbonyl (C=S) groups is 1.